The maximum Gasteiger partial charge on any atom is 0.120 e. The average molecular weight is 200 g/mol. The van der Waals surface area contributed by atoms with Gasteiger partial charge in [0.25, 0.3) is 0 Å². The van der Waals surface area contributed by atoms with E-state index in [2.05, 4.69) is 10.2 Å². The van der Waals surface area contributed by atoms with Gasteiger partial charge in [0.1, 0.15) is 5.75 Å². The Morgan fingerprint density at radius 1 is 1.27 bits per heavy atom. The van der Waals surface area contributed by atoms with Crippen LogP contribution in [-0.4, -0.2) is 16.3 Å². The lowest BCUT2D eigenvalue weighted by atomic mass is 10.1. The quantitative estimate of drug-likeness (QED) is 0.827. The summed E-state index contributed by atoms with van der Waals surface area (Å²) >= 11 is 0. The second-order valence-corrected chi connectivity index (χ2v) is 3.82. The molecule has 15 heavy (non-hydrogen) atoms. The van der Waals surface area contributed by atoms with Crippen molar-refractivity contribution in [3.05, 3.63) is 36.5 Å². The van der Waals surface area contributed by atoms with Crippen LogP contribution in [-0.2, 0) is 0 Å². The third kappa shape index (κ3) is 1.86. The van der Waals surface area contributed by atoms with Gasteiger partial charge in [-0.25, -0.2) is 0 Å². The van der Waals surface area contributed by atoms with Gasteiger partial charge in [-0.05, 0) is 31.0 Å². The number of nitrogens with zero attached hydrogens (tertiary/aromatic N) is 1. The monoisotopic (exact) mass is 200 g/mol. The highest BCUT2D eigenvalue weighted by Crippen LogP contribution is 2.29. The predicted molar refractivity (Wildman–Crippen MR) is 57.7 cm³/mol. The molecular weight excluding hydrogens is 188 g/mol. The molecule has 0 spiro atoms. The fraction of sp³-hybridized carbons (Fsp3) is 0.250. The lowest BCUT2D eigenvalue weighted by molar-refractivity contribution is 0.303. The van der Waals surface area contributed by atoms with Crippen LogP contribution < -0.4 is 4.74 Å². The van der Waals surface area contributed by atoms with E-state index in [1.807, 2.05) is 30.3 Å². The van der Waals surface area contributed by atoms with Crippen LogP contribution in [0.3, 0.4) is 0 Å². The molecule has 1 aromatic carbocycles. The Bertz CT molecular complexity index is 446. The molecule has 0 radical (unpaired) electrons. The van der Waals surface area contributed by atoms with E-state index in [0.717, 1.165) is 17.0 Å². The molecule has 76 valence electrons. The lowest BCUT2D eigenvalue weighted by Gasteiger charge is -2.05. The molecule has 2 aromatic rings. The van der Waals surface area contributed by atoms with Crippen molar-refractivity contribution in [2.24, 2.45) is 0 Å². The van der Waals surface area contributed by atoms with Crippen molar-refractivity contribution in [3.63, 3.8) is 0 Å². The molecule has 0 atom stereocenters. The number of hydrogen-bond donors (Lipinski definition) is 1. The Morgan fingerprint density at radius 3 is 2.93 bits per heavy atom. The highest BCUT2D eigenvalue weighted by atomic mass is 16.5. The summed E-state index contributed by atoms with van der Waals surface area (Å²) in [6.07, 6.45) is 4.58. The minimum Gasteiger partial charge on any atom is -0.490 e. The SMILES string of the molecule is c1cc(OC2CC2)cc(-c2ccn[nH]2)c1. The molecule has 0 unspecified atom stereocenters. The van der Waals surface area contributed by atoms with Gasteiger partial charge in [-0.3, -0.25) is 5.10 Å². The van der Waals surface area contributed by atoms with E-state index in [4.69, 9.17) is 4.74 Å². The number of aromatic amines is 1. The van der Waals surface area contributed by atoms with Crippen LogP contribution in [0.4, 0.5) is 0 Å². The Balaban J connectivity index is 1.88. The fourth-order valence-corrected chi connectivity index (χ4v) is 1.53. The topological polar surface area (TPSA) is 37.9 Å². The van der Waals surface area contributed by atoms with E-state index in [1.54, 1.807) is 6.20 Å². The van der Waals surface area contributed by atoms with Gasteiger partial charge in [0.2, 0.25) is 0 Å². The van der Waals surface area contributed by atoms with Crippen molar-refractivity contribution in [2.45, 2.75) is 18.9 Å². The molecule has 3 nitrogen and oxygen atoms in total. The Hall–Kier alpha value is -1.77. The van der Waals surface area contributed by atoms with E-state index >= 15 is 0 Å². The minimum atomic E-state index is 0.446. The number of hydrogen-bond acceptors (Lipinski definition) is 2. The van der Waals surface area contributed by atoms with Crippen LogP contribution in [0.15, 0.2) is 36.5 Å². The van der Waals surface area contributed by atoms with Crippen LogP contribution in [0.25, 0.3) is 11.3 Å². The largest absolute Gasteiger partial charge is 0.490 e. The first-order valence-electron chi connectivity index (χ1n) is 5.18. The minimum absolute atomic E-state index is 0.446. The van der Waals surface area contributed by atoms with E-state index < -0.39 is 0 Å². The normalized spacial score (nSPS) is 15.2. The van der Waals surface area contributed by atoms with Gasteiger partial charge in [0.05, 0.1) is 11.8 Å². The zero-order chi connectivity index (χ0) is 10.1. The van der Waals surface area contributed by atoms with Gasteiger partial charge in [0, 0.05) is 11.8 Å². The third-order valence-corrected chi connectivity index (χ3v) is 2.47. The predicted octanol–water partition coefficient (Wildman–Crippen LogP) is 2.62. The first-order chi connectivity index (χ1) is 7.42. The Morgan fingerprint density at radius 2 is 2.20 bits per heavy atom. The molecule has 1 aliphatic rings. The van der Waals surface area contributed by atoms with Gasteiger partial charge in [0.15, 0.2) is 0 Å². The van der Waals surface area contributed by atoms with Crippen LogP contribution in [0.1, 0.15) is 12.8 Å². The standard InChI is InChI=1S/C12H12N2O/c1-2-9(12-6-7-13-14-12)8-11(3-1)15-10-4-5-10/h1-3,6-8,10H,4-5H2,(H,13,14). The zero-order valence-corrected chi connectivity index (χ0v) is 8.31. The zero-order valence-electron chi connectivity index (χ0n) is 8.31. The van der Waals surface area contributed by atoms with E-state index in [9.17, 15) is 0 Å². The second-order valence-electron chi connectivity index (χ2n) is 3.82. The van der Waals surface area contributed by atoms with Gasteiger partial charge >= 0.3 is 0 Å². The molecule has 3 rings (SSSR count). The van der Waals surface area contributed by atoms with Crippen LogP contribution in [0, 0.1) is 0 Å². The van der Waals surface area contributed by atoms with E-state index in [1.165, 1.54) is 12.8 Å². The Labute approximate surface area is 88.1 Å². The van der Waals surface area contributed by atoms with Crippen LogP contribution >= 0.6 is 0 Å². The number of benzene rings is 1. The number of ether oxygens (including phenoxy) is 1. The lowest BCUT2D eigenvalue weighted by Crippen LogP contribution is -1.95. The molecule has 1 aromatic heterocycles. The molecule has 0 bridgehead atoms. The van der Waals surface area contributed by atoms with Gasteiger partial charge in [-0.2, -0.15) is 5.10 Å². The Kier molecular flexibility index (Phi) is 1.95. The molecule has 3 heteroatoms. The smallest absolute Gasteiger partial charge is 0.120 e. The summed E-state index contributed by atoms with van der Waals surface area (Å²) in [6, 6.07) is 10.1. The van der Waals surface area contributed by atoms with Crippen molar-refractivity contribution in [1.29, 1.82) is 0 Å². The van der Waals surface area contributed by atoms with Crippen molar-refractivity contribution in [1.82, 2.24) is 10.2 Å². The van der Waals surface area contributed by atoms with Crippen molar-refractivity contribution in [2.75, 3.05) is 0 Å². The highest BCUT2D eigenvalue weighted by Gasteiger charge is 2.23. The molecule has 1 N–H and O–H groups in total. The van der Waals surface area contributed by atoms with Crippen molar-refractivity contribution in [3.8, 4) is 17.0 Å². The first-order valence-corrected chi connectivity index (χ1v) is 5.18. The van der Waals surface area contributed by atoms with Crippen LogP contribution in [0.2, 0.25) is 0 Å². The van der Waals surface area contributed by atoms with Crippen LogP contribution in [0.5, 0.6) is 5.75 Å². The van der Waals surface area contributed by atoms with Gasteiger partial charge < -0.3 is 4.74 Å². The number of aromatic nitrogens is 2. The summed E-state index contributed by atoms with van der Waals surface area (Å²) in [7, 11) is 0. The molecule has 1 saturated carbocycles. The van der Waals surface area contributed by atoms with Crippen molar-refractivity contribution >= 4 is 0 Å². The summed E-state index contributed by atoms with van der Waals surface area (Å²) in [6.45, 7) is 0. The molecule has 0 aliphatic heterocycles. The van der Waals surface area contributed by atoms with Gasteiger partial charge in [-0.15, -0.1) is 0 Å². The molecule has 0 saturated heterocycles. The van der Waals surface area contributed by atoms with Crippen molar-refractivity contribution < 1.29 is 4.74 Å². The summed E-state index contributed by atoms with van der Waals surface area (Å²) in [5.74, 6) is 0.949. The molecular formula is C12H12N2O. The number of rotatable bonds is 3. The number of H-pyrrole nitrogens is 1. The fourth-order valence-electron chi connectivity index (χ4n) is 1.53. The maximum atomic E-state index is 5.73. The highest BCUT2D eigenvalue weighted by molar-refractivity contribution is 5.60. The van der Waals surface area contributed by atoms with E-state index in [0.29, 0.717) is 6.10 Å². The number of nitrogens with one attached hydrogen (secondary N) is 1. The maximum absolute atomic E-state index is 5.73. The summed E-state index contributed by atoms with van der Waals surface area (Å²) in [4.78, 5) is 0. The molecule has 1 heterocycles. The third-order valence-electron chi connectivity index (χ3n) is 2.47. The average Bonchev–Trinajstić information content (AvgIpc) is 2.91. The molecule has 0 amide bonds. The second kappa shape index (κ2) is 3.42. The molecule has 1 fully saturated rings. The molecule has 1 aliphatic carbocycles. The first kappa shape index (κ1) is 8.53. The summed E-state index contributed by atoms with van der Waals surface area (Å²) < 4.78 is 5.73. The summed E-state index contributed by atoms with van der Waals surface area (Å²) in [5.41, 5.74) is 2.14. The van der Waals surface area contributed by atoms with E-state index in [-0.39, 0.29) is 0 Å². The van der Waals surface area contributed by atoms with Gasteiger partial charge in [-0.1, -0.05) is 12.1 Å². The summed E-state index contributed by atoms with van der Waals surface area (Å²) in [5, 5.41) is 6.88.